The molecule has 49 heavy (non-hydrogen) atoms. The van der Waals surface area contributed by atoms with Crippen LogP contribution in [0.4, 0.5) is 0 Å². The number of hydrogen-bond acceptors (Lipinski definition) is 4. The summed E-state index contributed by atoms with van der Waals surface area (Å²) >= 11 is 0. The first kappa shape index (κ1) is 27.0. The van der Waals surface area contributed by atoms with Crippen LogP contribution in [0, 0.1) is 22.7 Å². The summed E-state index contributed by atoms with van der Waals surface area (Å²) < 4.78 is 10.8. The minimum atomic E-state index is 0.584. The zero-order chi connectivity index (χ0) is 32.6. The maximum Gasteiger partial charge on any atom is 0.153 e. The van der Waals surface area contributed by atoms with Crippen LogP contribution in [0.25, 0.3) is 88.2 Å². The Morgan fingerprint density at radius 3 is 1.86 bits per heavy atom. The summed E-state index contributed by atoms with van der Waals surface area (Å²) in [5.74, 6) is 0. The third kappa shape index (κ3) is 3.89. The lowest BCUT2D eigenvalue weighted by Gasteiger charge is -2.13. The Hall–Kier alpha value is -7.15. The molecule has 0 radical (unpaired) electrons. The van der Waals surface area contributed by atoms with Crippen molar-refractivity contribution in [3.05, 3.63) is 151 Å². The van der Waals surface area contributed by atoms with E-state index in [1.807, 2.05) is 54.7 Å². The summed E-state index contributed by atoms with van der Waals surface area (Å²) in [4.78, 5) is 4.74. The lowest BCUT2D eigenvalue weighted by Crippen LogP contribution is -1.96. The third-order valence-electron chi connectivity index (χ3n) is 9.59. The van der Waals surface area contributed by atoms with E-state index in [1.165, 1.54) is 5.39 Å². The van der Waals surface area contributed by atoms with E-state index in [2.05, 4.69) is 106 Å². The zero-order valence-corrected chi connectivity index (χ0v) is 25.9. The Morgan fingerprint density at radius 1 is 0.510 bits per heavy atom. The summed E-state index contributed by atoms with van der Waals surface area (Å²) in [6, 6.07) is 49.8. The number of benzene rings is 6. The minimum Gasteiger partial charge on any atom is -0.454 e. The summed E-state index contributed by atoms with van der Waals surface area (Å²) in [6.07, 6.45) is 1.82. The van der Waals surface area contributed by atoms with E-state index in [-0.39, 0.29) is 0 Å². The Bertz CT molecular complexity index is 3020. The highest BCUT2D eigenvalue weighted by atomic mass is 16.3. The first-order chi connectivity index (χ1) is 24.2. The van der Waals surface area contributed by atoms with Crippen LogP contribution in [-0.4, -0.2) is 14.1 Å². The Kier molecular flexibility index (Phi) is 5.61. The number of rotatable bonds is 3. The minimum absolute atomic E-state index is 0.584. The maximum absolute atomic E-state index is 9.63. The molecule has 10 rings (SSSR count). The summed E-state index contributed by atoms with van der Waals surface area (Å²) in [5.41, 5.74) is 11.9. The monoisotopic (exact) mass is 625 g/mol. The lowest BCUT2D eigenvalue weighted by atomic mass is 10.0. The second-order valence-electron chi connectivity index (χ2n) is 12.3. The molecule has 0 N–H and O–H groups in total. The van der Waals surface area contributed by atoms with Crippen LogP contribution in [0.2, 0.25) is 0 Å². The number of aromatic nitrogens is 3. The zero-order valence-electron chi connectivity index (χ0n) is 25.9. The van der Waals surface area contributed by atoms with Crippen LogP contribution in [-0.2, 0) is 0 Å². The number of para-hydroxylation sites is 1. The van der Waals surface area contributed by atoms with Crippen molar-refractivity contribution in [2.24, 2.45) is 0 Å². The van der Waals surface area contributed by atoms with Gasteiger partial charge in [-0.25, -0.2) is 0 Å². The van der Waals surface area contributed by atoms with E-state index in [0.29, 0.717) is 11.1 Å². The Balaban J connectivity index is 1.19. The summed E-state index contributed by atoms with van der Waals surface area (Å²) in [5, 5.41) is 24.5. The predicted molar refractivity (Wildman–Crippen MR) is 195 cm³/mol. The van der Waals surface area contributed by atoms with E-state index in [1.54, 1.807) is 0 Å². The van der Waals surface area contributed by atoms with E-state index in [0.717, 1.165) is 82.8 Å². The molecule has 0 saturated heterocycles. The molecule has 0 fully saturated rings. The molecule has 0 bridgehead atoms. The van der Waals surface area contributed by atoms with Crippen LogP contribution in [0.3, 0.4) is 0 Å². The van der Waals surface area contributed by atoms with E-state index in [9.17, 15) is 10.5 Å². The molecule has 0 aliphatic heterocycles. The molecule has 0 unspecified atom stereocenters. The average Bonchev–Trinajstić information content (AvgIpc) is 3.82. The molecule has 0 spiro atoms. The smallest absolute Gasteiger partial charge is 0.153 e. The van der Waals surface area contributed by atoms with Gasteiger partial charge in [0, 0.05) is 39.1 Å². The van der Waals surface area contributed by atoms with Gasteiger partial charge in [0.15, 0.2) is 5.58 Å². The van der Waals surface area contributed by atoms with Crippen molar-refractivity contribution in [2.45, 2.75) is 0 Å². The molecule has 226 valence electrons. The van der Waals surface area contributed by atoms with Gasteiger partial charge in [0.25, 0.3) is 0 Å². The maximum atomic E-state index is 9.63. The van der Waals surface area contributed by atoms with Crippen LogP contribution in [0.5, 0.6) is 0 Å². The van der Waals surface area contributed by atoms with Crippen LogP contribution in [0.15, 0.2) is 144 Å². The van der Waals surface area contributed by atoms with Crippen molar-refractivity contribution in [3.8, 4) is 34.6 Å². The van der Waals surface area contributed by atoms with Gasteiger partial charge < -0.3 is 13.6 Å². The van der Waals surface area contributed by atoms with Gasteiger partial charge in [-0.05, 0) is 102 Å². The van der Waals surface area contributed by atoms with Crippen molar-refractivity contribution < 1.29 is 4.42 Å². The second kappa shape index (κ2) is 10.2. The fourth-order valence-electron chi connectivity index (χ4n) is 7.49. The molecule has 0 saturated carbocycles. The molecule has 0 amide bonds. The summed E-state index contributed by atoms with van der Waals surface area (Å²) in [6.45, 7) is 0. The van der Waals surface area contributed by atoms with Crippen molar-refractivity contribution in [2.75, 3.05) is 0 Å². The van der Waals surface area contributed by atoms with Gasteiger partial charge >= 0.3 is 0 Å². The fraction of sp³-hybridized carbons (Fsp3) is 0. The topological polar surface area (TPSA) is 83.5 Å². The van der Waals surface area contributed by atoms with Crippen LogP contribution < -0.4 is 0 Å². The quantitative estimate of drug-likeness (QED) is 0.196. The lowest BCUT2D eigenvalue weighted by molar-refractivity contribution is 0.668. The number of nitrogens with zero attached hydrogens (tertiary/aromatic N) is 5. The number of hydrogen-bond donors (Lipinski definition) is 0. The fourth-order valence-corrected chi connectivity index (χ4v) is 7.49. The predicted octanol–water partition coefficient (Wildman–Crippen LogP) is 10.6. The molecule has 10 aromatic rings. The van der Waals surface area contributed by atoms with E-state index >= 15 is 0 Å². The molecule has 4 aromatic heterocycles. The molecule has 4 heterocycles. The second-order valence-corrected chi connectivity index (χ2v) is 12.3. The SMILES string of the molecule is N#Cc1ccc2c(c1)c1cc(C#N)ccc1n2-c1cccc(-c2cccc(-n3c4ccccc4c4ccc5oc6cccnc6c5c43)c2)c1. The molecule has 6 nitrogen and oxygen atoms in total. The normalized spacial score (nSPS) is 11.6. The van der Waals surface area contributed by atoms with Gasteiger partial charge in [-0.15, -0.1) is 0 Å². The van der Waals surface area contributed by atoms with Crippen LogP contribution in [0.1, 0.15) is 11.1 Å². The van der Waals surface area contributed by atoms with Crippen molar-refractivity contribution in [3.63, 3.8) is 0 Å². The van der Waals surface area contributed by atoms with E-state index in [4.69, 9.17) is 9.40 Å². The first-order valence-electron chi connectivity index (χ1n) is 16.0. The highest BCUT2D eigenvalue weighted by Crippen LogP contribution is 2.41. The van der Waals surface area contributed by atoms with Gasteiger partial charge in [0.05, 0.1) is 50.7 Å². The molecular formula is C43H23N5O. The molecule has 0 atom stereocenters. The Labute approximate surface area is 279 Å². The number of nitriles is 2. The van der Waals surface area contributed by atoms with Gasteiger partial charge in [0.2, 0.25) is 0 Å². The molecule has 6 heteroatoms. The van der Waals surface area contributed by atoms with Crippen molar-refractivity contribution in [1.29, 1.82) is 10.5 Å². The van der Waals surface area contributed by atoms with Gasteiger partial charge in [-0.3, -0.25) is 4.98 Å². The number of pyridine rings is 1. The van der Waals surface area contributed by atoms with Crippen molar-refractivity contribution >= 4 is 65.7 Å². The molecular weight excluding hydrogens is 603 g/mol. The first-order valence-corrected chi connectivity index (χ1v) is 16.0. The Morgan fingerprint density at radius 2 is 1.16 bits per heavy atom. The highest BCUT2D eigenvalue weighted by molar-refractivity contribution is 6.23. The summed E-state index contributed by atoms with van der Waals surface area (Å²) in [7, 11) is 0. The molecule has 0 aliphatic rings. The van der Waals surface area contributed by atoms with Gasteiger partial charge in [-0.2, -0.15) is 10.5 Å². The van der Waals surface area contributed by atoms with Gasteiger partial charge in [-0.1, -0.05) is 42.5 Å². The standard InChI is InChI=1S/C43H23N5O/c44-24-26-13-16-37-34(20-26)35-21-27(25-45)14-17-38(35)47(37)30-8-3-6-28(22-30)29-7-4-9-31(23-29)48-36-11-2-1-10-32(36)33-15-18-39-41(43(33)48)42-40(49-39)12-5-19-46-42/h1-23H. The molecule has 6 aromatic carbocycles. The van der Waals surface area contributed by atoms with Crippen molar-refractivity contribution in [1.82, 2.24) is 14.1 Å². The average molecular weight is 626 g/mol. The number of fused-ring (bicyclic) bond motifs is 10. The number of furan rings is 1. The third-order valence-corrected chi connectivity index (χ3v) is 9.59. The highest BCUT2D eigenvalue weighted by Gasteiger charge is 2.20. The largest absolute Gasteiger partial charge is 0.454 e. The molecule has 0 aliphatic carbocycles. The van der Waals surface area contributed by atoms with Crippen LogP contribution >= 0.6 is 0 Å². The van der Waals surface area contributed by atoms with E-state index < -0.39 is 0 Å². The van der Waals surface area contributed by atoms with Gasteiger partial charge in [0.1, 0.15) is 11.1 Å².